The van der Waals surface area contributed by atoms with Gasteiger partial charge in [-0.3, -0.25) is 9.59 Å². The summed E-state index contributed by atoms with van der Waals surface area (Å²) in [6, 6.07) is 17.8. The van der Waals surface area contributed by atoms with Crippen molar-refractivity contribution in [3.8, 4) is 5.75 Å². The van der Waals surface area contributed by atoms with Gasteiger partial charge in [0.15, 0.2) is 0 Å². The second-order valence-corrected chi connectivity index (χ2v) is 7.11. The number of nitrogens with one attached hydrogen (secondary N) is 2. The maximum atomic E-state index is 13.9. The van der Waals surface area contributed by atoms with E-state index in [0.717, 1.165) is 11.3 Å². The normalized spacial score (nSPS) is 10.6. The number of hydrogen-bond donors (Lipinski definition) is 2. The molecule has 0 radical (unpaired) electrons. The van der Waals surface area contributed by atoms with Gasteiger partial charge in [-0.1, -0.05) is 18.2 Å². The van der Waals surface area contributed by atoms with E-state index >= 15 is 0 Å². The van der Waals surface area contributed by atoms with Crippen LogP contribution in [0, 0.1) is 12.7 Å². The van der Waals surface area contributed by atoms with Crippen LogP contribution in [0.15, 0.2) is 66.7 Å². The molecule has 3 aromatic carbocycles. The van der Waals surface area contributed by atoms with Gasteiger partial charge >= 0.3 is 0 Å². The highest BCUT2D eigenvalue weighted by Gasteiger charge is 2.14. The molecule has 3 aromatic rings. The van der Waals surface area contributed by atoms with Gasteiger partial charge in [-0.2, -0.15) is 0 Å². The van der Waals surface area contributed by atoms with Crippen LogP contribution in [0.2, 0.25) is 0 Å². The van der Waals surface area contributed by atoms with Crippen molar-refractivity contribution >= 4 is 23.2 Å². The molecule has 5 nitrogen and oxygen atoms in total. The Kier molecular flexibility index (Phi) is 6.47. The summed E-state index contributed by atoms with van der Waals surface area (Å²) in [7, 11) is 0. The first-order chi connectivity index (χ1) is 14.3. The average molecular weight is 406 g/mol. The minimum absolute atomic E-state index is 0.0598. The first kappa shape index (κ1) is 21.0. The van der Waals surface area contributed by atoms with E-state index < -0.39 is 11.7 Å². The van der Waals surface area contributed by atoms with E-state index in [-0.39, 0.29) is 17.6 Å². The Hall–Kier alpha value is -3.67. The van der Waals surface area contributed by atoms with Gasteiger partial charge in [-0.25, -0.2) is 4.39 Å². The zero-order valence-corrected chi connectivity index (χ0v) is 17.0. The molecule has 0 aliphatic carbocycles. The molecule has 0 saturated heterocycles. The highest BCUT2D eigenvalue weighted by Crippen LogP contribution is 2.21. The van der Waals surface area contributed by atoms with Crippen LogP contribution in [0.25, 0.3) is 0 Å². The summed E-state index contributed by atoms with van der Waals surface area (Å²) in [6.07, 6.45) is 0.0657. The monoisotopic (exact) mass is 406 g/mol. The third kappa shape index (κ3) is 5.23. The van der Waals surface area contributed by atoms with E-state index in [9.17, 15) is 14.0 Å². The first-order valence-electron chi connectivity index (χ1n) is 9.58. The molecule has 0 bridgehead atoms. The molecule has 30 heavy (non-hydrogen) atoms. The highest BCUT2D eigenvalue weighted by atomic mass is 19.1. The van der Waals surface area contributed by atoms with Crippen molar-refractivity contribution in [3.05, 3.63) is 89.2 Å². The molecule has 154 valence electrons. The molecule has 0 atom stereocenters. The predicted octanol–water partition coefficient (Wildman–Crippen LogP) is 5.43. The lowest BCUT2D eigenvalue weighted by Gasteiger charge is -2.12. The summed E-state index contributed by atoms with van der Waals surface area (Å²) in [5.41, 5.74) is 2.12. The van der Waals surface area contributed by atoms with Crippen molar-refractivity contribution in [2.45, 2.75) is 26.9 Å². The summed E-state index contributed by atoms with van der Waals surface area (Å²) in [4.78, 5) is 25.0. The molecule has 3 rings (SSSR count). The second kappa shape index (κ2) is 9.22. The van der Waals surface area contributed by atoms with Crippen LogP contribution in [0.5, 0.6) is 5.75 Å². The zero-order valence-electron chi connectivity index (χ0n) is 17.0. The first-order valence-corrected chi connectivity index (χ1v) is 9.58. The van der Waals surface area contributed by atoms with Gasteiger partial charge in [0.2, 0.25) is 0 Å². The SMILES string of the molecule is Cc1ccc(C(=O)Nc2ccc(OC(C)C)cc2)cc1NC(=O)c1ccccc1F. The van der Waals surface area contributed by atoms with E-state index in [1.165, 1.54) is 18.2 Å². The fraction of sp³-hybridized carbons (Fsp3) is 0.167. The lowest BCUT2D eigenvalue weighted by Crippen LogP contribution is -2.16. The highest BCUT2D eigenvalue weighted by molar-refractivity contribution is 6.07. The van der Waals surface area contributed by atoms with E-state index in [4.69, 9.17) is 4.74 Å². The number of carbonyl (C=O) groups is 2. The number of benzene rings is 3. The molecule has 0 aromatic heterocycles. The minimum Gasteiger partial charge on any atom is -0.491 e. The van der Waals surface area contributed by atoms with Crippen LogP contribution in [-0.4, -0.2) is 17.9 Å². The lowest BCUT2D eigenvalue weighted by atomic mass is 10.1. The third-order valence-electron chi connectivity index (χ3n) is 4.35. The fourth-order valence-electron chi connectivity index (χ4n) is 2.83. The Morgan fingerprint density at radius 1 is 0.900 bits per heavy atom. The van der Waals surface area contributed by atoms with Crippen LogP contribution in [0.1, 0.15) is 40.1 Å². The zero-order chi connectivity index (χ0) is 21.7. The molecule has 0 heterocycles. The van der Waals surface area contributed by atoms with E-state index in [1.54, 1.807) is 55.5 Å². The quantitative estimate of drug-likeness (QED) is 0.574. The number of carbonyl (C=O) groups excluding carboxylic acids is 2. The standard InChI is InChI=1S/C24H23FN2O3/c1-15(2)30-19-12-10-18(11-13-19)26-23(28)17-9-8-16(3)22(14-17)27-24(29)20-6-4-5-7-21(20)25/h4-15H,1-3H3,(H,26,28)(H,27,29). The van der Waals surface area contributed by atoms with Crippen LogP contribution in [0.4, 0.5) is 15.8 Å². The van der Waals surface area contributed by atoms with Crippen molar-refractivity contribution in [2.24, 2.45) is 0 Å². The van der Waals surface area contributed by atoms with E-state index in [1.807, 2.05) is 13.8 Å². The number of ether oxygens (including phenoxy) is 1. The Morgan fingerprint density at radius 3 is 2.27 bits per heavy atom. The molecular formula is C24H23FN2O3. The van der Waals surface area contributed by atoms with Crippen LogP contribution >= 0.6 is 0 Å². The lowest BCUT2D eigenvalue weighted by molar-refractivity contribution is 0.101. The van der Waals surface area contributed by atoms with Crippen molar-refractivity contribution in [3.63, 3.8) is 0 Å². The Morgan fingerprint density at radius 2 is 1.60 bits per heavy atom. The average Bonchev–Trinajstić information content (AvgIpc) is 2.71. The van der Waals surface area contributed by atoms with Crippen LogP contribution < -0.4 is 15.4 Å². The molecule has 0 aliphatic rings. The third-order valence-corrected chi connectivity index (χ3v) is 4.35. The van der Waals surface area contributed by atoms with Crippen molar-refractivity contribution in [1.82, 2.24) is 0 Å². The maximum absolute atomic E-state index is 13.9. The molecule has 0 saturated carbocycles. The molecule has 2 N–H and O–H groups in total. The number of anilines is 2. The topological polar surface area (TPSA) is 67.4 Å². The molecule has 0 fully saturated rings. The summed E-state index contributed by atoms with van der Waals surface area (Å²) < 4.78 is 19.4. The van der Waals surface area contributed by atoms with Gasteiger partial charge in [-0.15, -0.1) is 0 Å². The molecule has 2 amide bonds. The minimum atomic E-state index is -0.605. The van der Waals surface area contributed by atoms with Crippen LogP contribution in [-0.2, 0) is 0 Å². The van der Waals surface area contributed by atoms with E-state index in [0.29, 0.717) is 16.9 Å². The summed E-state index contributed by atoms with van der Waals surface area (Å²) in [5.74, 6) is -0.786. The Labute approximate surface area is 174 Å². The Bertz CT molecular complexity index is 1060. The summed E-state index contributed by atoms with van der Waals surface area (Å²) in [6.45, 7) is 5.68. The van der Waals surface area contributed by atoms with Gasteiger partial charge in [0.1, 0.15) is 11.6 Å². The van der Waals surface area contributed by atoms with Gasteiger partial charge in [0.05, 0.1) is 11.7 Å². The van der Waals surface area contributed by atoms with Gasteiger partial charge in [0, 0.05) is 16.9 Å². The number of aryl methyl sites for hydroxylation is 1. The fourth-order valence-corrected chi connectivity index (χ4v) is 2.83. The smallest absolute Gasteiger partial charge is 0.258 e. The number of rotatable bonds is 6. The van der Waals surface area contributed by atoms with Gasteiger partial charge in [-0.05, 0) is 74.9 Å². The van der Waals surface area contributed by atoms with Gasteiger partial charge in [0.25, 0.3) is 11.8 Å². The van der Waals surface area contributed by atoms with E-state index in [2.05, 4.69) is 10.6 Å². The molecular weight excluding hydrogens is 383 g/mol. The molecule has 0 unspecified atom stereocenters. The largest absolute Gasteiger partial charge is 0.491 e. The number of amides is 2. The maximum Gasteiger partial charge on any atom is 0.258 e. The Balaban J connectivity index is 1.73. The summed E-state index contributed by atoms with van der Waals surface area (Å²) >= 11 is 0. The molecule has 6 heteroatoms. The second-order valence-electron chi connectivity index (χ2n) is 7.11. The van der Waals surface area contributed by atoms with Crippen molar-refractivity contribution in [1.29, 1.82) is 0 Å². The summed E-state index contributed by atoms with van der Waals surface area (Å²) in [5, 5.41) is 5.49. The van der Waals surface area contributed by atoms with Crippen LogP contribution in [0.3, 0.4) is 0 Å². The predicted molar refractivity (Wildman–Crippen MR) is 116 cm³/mol. The molecule has 0 aliphatic heterocycles. The molecule has 0 spiro atoms. The number of hydrogen-bond acceptors (Lipinski definition) is 3. The van der Waals surface area contributed by atoms with Gasteiger partial charge < -0.3 is 15.4 Å². The van der Waals surface area contributed by atoms with Crippen molar-refractivity contribution in [2.75, 3.05) is 10.6 Å². The number of halogens is 1. The van der Waals surface area contributed by atoms with Crippen molar-refractivity contribution < 1.29 is 18.7 Å².